The Morgan fingerprint density at radius 3 is 2.73 bits per heavy atom. The Morgan fingerprint density at radius 1 is 1.27 bits per heavy atom. The van der Waals surface area contributed by atoms with E-state index in [1.807, 2.05) is 0 Å². The molecule has 0 aliphatic heterocycles. The number of ether oxygens (including phenoxy) is 1. The van der Waals surface area contributed by atoms with Crippen LogP contribution in [-0.2, 0) is 16.1 Å². The number of aromatic nitrogens is 1. The van der Waals surface area contributed by atoms with Gasteiger partial charge in [-0.05, 0) is 12.1 Å². The fourth-order valence-corrected chi connectivity index (χ4v) is 1.99. The molecular weight excluding hydrogens is 355 g/mol. The lowest BCUT2D eigenvalue weighted by Gasteiger charge is -2.07. The number of nitrogens with one attached hydrogen (secondary N) is 1. The first-order valence-electron chi connectivity index (χ1n) is 5.94. The van der Waals surface area contributed by atoms with Gasteiger partial charge in [-0.3, -0.25) is 4.79 Å². The van der Waals surface area contributed by atoms with Gasteiger partial charge in [-0.1, -0.05) is 34.8 Å². The molecule has 0 unspecified atom stereocenters. The zero-order valence-corrected chi connectivity index (χ0v) is 13.2. The van der Waals surface area contributed by atoms with Crippen LogP contribution < -0.4 is 5.32 Å². The van der Waals surface area contributed by atoms with Crippen molar-refractivity contribution in [2.24, 2.45) is 0 Å². The lowest BCUT2D eigenvalue weighted by Crippen LogP contribution is -2.28. The number of nitrogens with zero attached hydrogens (tertiary/aromatic N) is 1. The minimum atomic E-state index is -0.878. The molecule has 0 radical (unpaired) electrons. The summed E-state index contributed by atoms with van der Waals surface area (Å²) in [5.41, 5.74) is -0.213. The summed E-state index contributed by atoms with van der Waals surface area (Å²) in [6.07, 6.45) is 2.66. The van der Waals surface area contributed by atoms with Gasteiger partial charge in [-0.25, -0.2) is 9.78 Å². The Morgan fingerprint density at radius 2 is 2.05 bits per heavy atom. The second kappa shape index (κ2) is 7.49. The van der Waals surface area contributed by atoms with Gasteiger partial charge in [0.05, 0.1) is 27.9 Å². The first-order valence-corrected chi connectivity index (χ1v) is 7.08. The average Bonchev–Trinajstić information content (AvgIpc) is 3.02. The Balaban J connectivity index is 1.87. The number of carbonyl (C=O) groups is 2. The molecule has 2 aromatic rings. The Labute approximate surface area is 140 Å². The molecule has 2 heterocycles. The fourth-order valence-electron chi connectivity index (χ4n) is 1.44. The van der Waals surface area contributed by atoms with Crippen molar-refractivity contribution >= 4 is 46.7 Å². The van der Waals surface area contributed by atoms with E-state index in [0.717, 1.165) is 0 Å². The van der Waals surface area contributed by atoms with E-state index in [1.165, 1.54) is 12.5 Å². The van der Waals surface area contributed by atoms with Crippen molar-refractivity contribution in [1.29, 1.82) is 0 Å². The molecule has 1 amide bonds. The van der Waals surface area contributed by atoms with Crippen molar-refractivity contribution in [3.8, 4) is 0 Å². The standard InChI is InChI=1S/C13H9Cl3N2O4/c14-8-5-18-12(11(16)10(8)15)13(20)22-6-9(19)17-4-7-2-1-3-21-7/h1-3,5H,4,6H2,(H,17,19). The third-order valence-corrected chi connectivity index (χ3v) is 3.73. The van der Waals surface area contributed by atoms with Crippen LogP contribution in [0.5, 0.6) is 0 Å². The lowest BCUT2D eigenvalue weighted by atomic mass is 10.3. The first kappa shape index (κ1) is 16.6. The highest BCUT2D eigenvalue weighted by molar-refractivity contribution is 6.48. The smallest absolute Gasteiger partial charge is 0.359 e. The monoisotopic (exact) mass is 362 g/mol. The maximum atomic E-state index is 11.8. The molecule has 0 bridgehead atoms. The highest BCUT2D eigenvalue weighted by Crippen LogP contribution is 2.31. The topological polar surface area (TPSA) is 81.4 Å². The van der Waals surface area contributed by atoms with Crippen molar-refractivity contribution in [3.05, 3.63) is 51.1 Å². The van der Waals surface area contributed by atoms with Gasteiger partial charge in [0, 0.05) is 6.20 Å². The Bertz CT molecular complexity index is 689. The average molecular weight is 364 g/mol. The molecule has 6 nitrogen and oxygen atoms in total. The minimum Gasteiger partial charge on any atom is -0.467 e. The molecule has 0 saturated carbocycles. The summed E-state index contributed by atoms with van der Waals surface area (Å²) in [6, 6.07) is 3.39. The van der Waals surface area contributed by atoms with Crippen LogP contribution in [0.2, 0.25) is 15.1 Å². The molecule has 0 aromatic carbocycles. The van der Waals surface area contributed by atoms with Gasteiger partial charge < -0.3 is 14.5 Å². The molecule has 0 aliphatic rings. The molecule has 2 rings (SSSR count). The zero-order chi connectivity index (χ0) is 16.1. The lowest BCUT2D eigenvalue weighted by molar-refractivity contribution is -0.124. The molecular formula is C13H9Cl3N2O4. The van der Waals surface area contributed by atoms with Crippen LogP contribution in [0.25, 0.3) is 0 Å². The van der Waals surface area contributed by atoms with Crippen LogP contribution in [0.1, 0.15) is 16.2 Å². The molecule has 0 saturated heterocycles. The van der Waals surface area contributed by atoms with Gasteiger partial charge in [0.15, 0.2) is 12.3 Å². The van der Waals surface area contributed by atoms with Crippen LogP contribution in [0.3, 0.4) is 0 Å². The molecule has 0 aliphatic carbocycles. The third-order valence-electron chi connectivity index (χ3n) is 2.48. The number of esters is 1. The van der Waals surface area contributed by atoms with E-state index < -0.39 is 18.5 Å². The van der Waals surface area contributed by atoms with Crippen molar-refractivity contribution in [2.45, 2.75) is 6.54 Å². The SMILES string of the molecule is O=C(COC(=O)c1ncc(Cl)c(Cl)c1Cl)NCc1ccco1. The van der Waals surface area contributed by atoms with E-state index in [9.17, 15) is 9.59 Å². The minimum absolute atomic E-state index is 0.00689. The van der Waals surface area contributed by atoms with E-state index in [4.69, 9.17) is 44.0 Å². The highest BCUT2D eigenvalue weighted by atomic mass is 35.5. The van der Waals surface area contributed by atoms with Crippen molar-refractivity contribution < 1.29 is 18.7 Å². The van der Waals surface area contributed by atoms with Crippen LogP contribution in [0.4, 0.5) is 0 Å². The van der Waals surface area contributed by atoms with Gasteiger partial charge in [-0.2, -0.15) is 0 Å². The van der Waals surface area contributed by atoms with Gasteiger partial charge in [-0.15, -0.1) is 0 Å². The molecule has 0 fully saturated rings. The predicted molar refractivity (Wildman–Crippen MR) is 80.1 cm³/mol. The van der Waals surface area contributed by atoms with Gasteiger partial charge >= 0.3 is 5.97 Å². The molecule has 0 spiro atoms. The molecule has 2 aromatic heterocycles. The number of carbonyl (C=O) groups excluding carboxylic acids is 2. The number of hydrogen-bond donors (Lipinski definition) is 1. The Hall–Kier alpha value is -1.76. The number of rotatable bonds is 5. The van der Waals surface area contributed by atoms with E-state index in [0.29, 0.717) is 5.76 Å². The number of pyridine rings is 1. The highest BCUT2D eigenvalue weighted by Gasteiger charge is 2.19. The van der Waals surface area contributed by atoms with Gasteiger partial charge in [0.25, 0.3) is 5.91 Å². The number of furan rings is 1. The molecule has 9 heteroatoms. The zero-order valence-electron chi connectivity index (χ0n) is 10.9. The van der Waals surface area contributed by atoms with Crippen LogP contribution >= 0.6 is 34.8 Å². The van der Waals surface area contributed by atoms with E-state index in [1.54, 1.807) is 12.1 Å². The van der Waals surface area contributed by atoms with Crippen molar-refractivity contribution in [3.63, 3.8) is 0 Å². The van der Waals surface area contributed by atoms with Gasteiger partial charge in [0.2, 0.25) is 0 Å². The summed E-state index contributed by atoms with van der Waals surface area (Å²) in [4.78, 5) is 27.1. The summed E-state index contributed by atoms with van der Waals surface area (Å²) in [6.45, 7) is -0.299. The Kier molecular flexibility index (Phi) is 5.65. The normalized spacial score (nSPS) is 10.3. The maximum absolute atomic E-state index is 11.8. The predicted octanol–water partition coefficient (Wildman–Crippen LogP) is 3.11. The van der Waals surface area contributed by atoms with E-state index >= 15 is 0 Å². The molecule has 1 N–H and O–H groups in total. The van der Waals surface area contributed by atoms with Crippen LogP contribution in [0.15, 0.2) is 29.0 Å². The summed E-state index contributed by atoms with van der Waals surface area (Å²) in [5.74, 6) is -0.800. The first-order chi connectivity index (χ1) is 10.5. The second-order valence-electron chi connectivity index (χ2n) is 4.01. The summed E-state index contributed by atoms with van der Waals surface area (Å²) in [7, 11) is 0. The maximum Gasteiger partial charge on any atom is 0.359 e. The summed E-state index contributed by atoms with van der Waals surface area (Å²) in [5, 5.41) is 2.49. The van der Waals surface area contributed by atoms with Crippen molar-refractivity contribution in [2.75, 3.05) is 6.61 Å². The van der Waals surface area contributed by atoms with Crippen LogP contribution in [-0.4, -0.2) is 23.5 Å². The van der Waals surface area contributed by atoms with E-state index in [2.05, 4.69) is 10.3 Å². The molecule has 116 valence electrons. The third kappa shape index (κ3) is 4.13. The fraction of sp³-hybridized carbons (Fsp3) is 0.154. The molecule has 0 atom stereocenters. The number of amides is 1. The molecule has 22 heavy (non-hydrogen) atoms. The number of hydrogen-bond acceptors (Lipinski definition) is 5. The number of halogens is 3. The van der Waals surface area contributed by atoms with Crippen LogP contribution in [0, 0.1) is 0 Å². The van der Waals surface area contributed by atoms with E-state index in [-0.39, 0.29) is 27.3 Å². The summed E-state index contributed by atoms with van der Waals surface area (Å²) < 4.78 is 9.85. The quantitative estimate of drug-likeness (QED) is 0.826. The largest absolute Gasteiger partial charge is 0.467 e. The van der Waals surface area contributed by atoms with Gasteiger partial charge in [0.1, 0.15) is 5.76 Å². The van der Waals surface area contributed by atoms with Crippen molar-refractivity contribution in [1.82, 2.24) is 10.3 Å². The summed E-state index contributed by atoms with van der Waals surface area (Å²) >= 11 is 17.3. The second-order valence-corrected chi connectivity index (χ2v) is 5.18.